The van der Waals surface area contributed by atoms with Gasteiger partial charge in [-0.3, -0.25) is 4.79 Å². The molecule has 9 heteroatoms. The van der Waals surface area contributed by atoms with Crippen LogP contribution in [0.2, 0.25) is 0 Å². The van der Waals surface area contributed by atoms with Crippen molar-refractivity contribution < 1.29 is 9.90 Å². The fourth-order valence-corrected chi connectivity index (χ4v) is 6.79. The number of nitrogens with two attached hydrogens (primary N) is 1. The monoisotopic (exact) mass is 549 g/mol. The van der Waals surface area contributed by atoms with E-state index >= 15 is 0 Å². The highest BCUT2D eigenvalue weighted by atomic mass is 16.3. The summed E-state index contributed by atoms with van der Waals surface area (Å²) in [5.41, 5.74) is 10.1. The Kier molecular flexibility index (Phi) is 9.23. The minimum atomic E-state index is -0.596. The molecule has 1 aromatic carbocycles. The standard InChI is InChI=1S/C31H47N7O2/c1-4-27-30(33-22-5-8-25(39)9-6-22)36-31(28(35-27)29(32)40)34-23-7-10-26(20(2)19-23)21-11-17-38(18-12-21)24-13-15-37(3)16-14-24/h7,10,19,21-22,24-25,39H,4-6,8-9,11-18H2,1-3H3,(H2,32,40)(H2,33,34,36). The number of aromatic nitrogens is 2. The van der Waals surface area contributed by atoms with Gasteiger partial charge in [-0.1, -0.05) is 13.0 Å². The predicted molar refractivity (Wildman–Crippen MR) is 160 cm³/mol. The van der Waals surface area contributed by atoms with Crippen molar-refractivity contribution in [3.8, 4) is 0 Å². The Morgan fingerprint density at radius 1 is 1.00 bits per heavy atom. The van der Waals surface area contributed by atoms with E-state index in [1.165, 1.54) is 63.0 Å². The summed E-state index contributed by atoms with van der Waals surface area (Å²) < 4.78 is 0. The number of nitrogens with one attached hydrogen (secondary N) is 2. The van der Waals surface area contributed by atoms with Gasteiger partial charge in [0.15, 0.2) is 11.5 Å². The number of carbonyl (C=O) groups is 1. The number of likely N-dealkylation sites (tertiary alicyclic amines) is 2. The van der Waals surface area contributed by atoms with Crippen LogP contribution in [0.1, 0.15) is 91.5 Å². The van der Waals surface area contributed by atoms with Crippen LogP contribution in [0, 0.1) is 6.92 Å². The van der Waals surface area contributed by atoms with Crippen molar-refractivity contribution in [3.63, 3.8) is 0 Å². The third kappa shape index (κ3) is 6.75. The summed E-state index contributed by atoms with van der Waals surface area (Å²) in [5.74, 6) is 1.04. The van der Waals surface area contributed by atoms with Gasteiger partial charge < -0.3 is 31.3 Å². The Bertz CT molecular complexity index is 1160. The minimum absolute atomic E-state index is 0.157. The van der Waals surface area contributed by atoms with Crippen LogP contribution in [0.4, 0.5) is 17.3 Å². The number of anilines is 3. The molecule has 2 aromatic rings. The largest absolute Gasteiger partial charge is 0.393 e. The van der Waals surface area contributed by atoms with Crippen molar-refractivity contribution in [1.29, 1.82) is 0 Å². The number of piperidine rings is 2. The van der Waals surface area contributed by atoms with E-state index in [-0.39, 0.29) is 17.8 Å². The Morgan fingerprint density at radius 3 is 2.33 bits per heavy atom. The van der Waals surface area contributed by atoms with Gasteiger partial charge in [0.25, 0.3) is 5.91 Å². The van der Waals surface area contributed by atoms with E-state index in [0.717, 1.165) is 43.1 Å². The molecule has 0 spiro atoms. The number of rotatable bonds is 8. The van der Waals surface area contributed by atoms with Gasteiger partial charge >= 0.3 is 0 Å². The molecule has 1 aliphatic carbocycles. The average Bonchev–Trinajstić information content (AvgIpc) is 2.95. The van der Waals surface area contributed by atoms with Gasteiger partial charge in [-0.25, -0.2) is 9.97 Å². The molecule has 1 amide bonds. The molecular formula is C31H47N7O2. The summed E-state index contributed by atoms with van der Waals surface area (Å²) in [4.78, 5) is 26.9. The average molecular weight is 550 g/mol. The number of amides is 1. The number of nitrogens with zero attached hydrogens (tertiary/aromatic N) is 4. The Morgan fingerprint density at radius 2 is 1.70 bits per heavy atom. The van der Waals surface area contributed by atoms with Gasteiger partial charge in [-0.05, 0) is 127 Å². The second-order valence-corrected chi connectivity index (χ2v) is 12.1. The molecule has 40 heavy (non-hydrogen) atoms. The normalized spacial score (nSPS) is 23.7. The molecule has 0 bridgehead atoms. The molecule has 1 saturated carbocycles. The lowest BCUT2D eigenvalue weighted by atomic mass is 9.85. The number of primary amides is 1. The molecule has 3 aliphatic rings. The van der Waals surface area contributed by atoms with Crippen LogP contribution in [-0.4, -0.2) is 82.2 Å². The summed E-state index contributed by atoms with van der Waals surface area (Å²) in [6, 6.07) is 7.43. The zero-order chi connectivity index (χ0) is 28.2. The topological polar surface area (TPSA) is 120 Å². The third-order valence-corrected chi connectivity index (χ3v) is 9.28. The van der Waals surface area contributed by atoms with Crippen molar-refractivity contribution in [1.82, 2.24) is 19.8 Å². The number of hydrogen-bond acceptors (Lipinski definition) is 8. The fourth-order valence-electron chi connectivity index (χ4n) is 6.79. The van der Waals surface area contributed by atoms with Crippen molar-refractivity contribution in [2.45, 2.75) is 95.7 Å². The van der Waals surface area contributed by atoms with E-state index in [0.29, 0.717) is 24.0 Å². The van der Waals surface area contributed by atoms with Crippen LogP contribution < -0.4 is 16.4 Å². The minimum Gasteiger partial charge on any atom is -0.393 e. The molecule has 2 saturated heterocycles. The number of aryl methyl sites for hydroxylation is 2. The highest BCUT2D eigenvalue weighted by molar-refractivity contribution is 5.96. The van der Waals surface area contributed by atoms with Crippen LogP contribution in [0.25, 0.3) is 0 Å². The molecule has 218 valence electrons. The summed E-state index contributed by atoms with van der Waals surface area (Å²) in [5, 5.41) is 16.7. The van der Waals surface area contributed by atoms with E-state index in [2.05, 4.69) is 57.6 Å². The lowest BCUT2D eigenvalue weighted by molar-refractivity contribution is 0.0966. The first-order valence-corrected chi connectivity index (χ1v) is 15.3. The van der Waals surface area contributed by atoms with Crippen molar-refractivity contribution in [2.24, 2.45) is 5.73 Å². The van der Waals surface area contributed by atoms with Gasteiger partial charge in [0, 0.05) is 17.8 Å². The smallest absolute Gasteiger partial charge is 0.271 e. The van der Waals surface area contributed by atoms with Crippen LogP contribution in [0.5, 0.6) is 0 Å². The highest BCUT2D eigenvalue weighted by Crippen LogP contribution is 2.34. The maximum atomic E-state index is 12.3. The molecule has 0 unspecified atom stereocenters. The predicted octanol–water partition coefficient (Wildman–Crippen LogP) is 4.18. The van der Waals surface area contributed by atoms with Gasteiger partial charge in [-0.2, -0.15) is 0 Å². The summed E-state index contributed by atoms with van der Waals surface area (Å²) >= 11 is 0. The number of hydrogen-bond donors (Lipinski definition) is 4. The molecule has 0 atom stereocenters. The molecule has 9 nitrogen and oxygen atoms in total. The van der Waals surface area contributed by atoms with E-state index in [9.17, 15) is 9.90 Å². The first-order chi connectivity index (χ1) is 19.3. The molecule has 0 radical (unpaired) electrons. The molecule has 3 fully saturated rings. The summed E-state index contributed by atoms with van der Waals surface area (Å²) in [6.45, 7) is 8.95. The Balaban J connectivity index is 1.28. The molecular weight excluding hydrogens is 502 g/mol. The molecule has 2 aliphatic heterocycles. The summed E-state index contributed by atoms with van der Waals surface area (Å²) in [7, 11) is 2.23. The second-order valence-electron chi connectivity index (χ2n) is 12.1. The zero-order valence-corrected chi connectivity index (χ0v) is 24.5. The third-order valence-electron chi connectivity index (χ3n) is 9.28. The number of aliphatic hydroxyl groups is 1. The number of aliphatic hydroxyl groups excluding tert-OH is 1. The number of carbonyl (C=O) groups excluding carboxylic acids is 1. The lowest BCUT2D eigenvalue weighted by Gasteiger charge is -2.41. The van der Waals surface area contributed by atoms with E-state index < -0.39 is 5.91 Å². The van der Waals surface area contributed by atoms with Gasteiger partial charge in [0.1, 0.15) is 5.82 Å². The summed E-state index contributed by atoms with van der Waals surface area (Å²) in [6.07, 6.45) is 8.70. The highest BCUT2D eigenvalue weighted by Gasteiger charge is 2.29. The van der Waals surface area contributed by atoms with Crippen LogP contribution in [0.15, 0.2) is 18.2 Å². The van der Waals surface area contributed by atoms with Crippen LogP contribution in [-0.2, 0) is 6.42 Å². The number of benzene rings is 1. The SMILES string of the molecule is CCc1nc(C(N)=O)c(Nc2ccc(C3CCN(C4CCN(C)CC4)CC3)c(C)c2)nc1NC1CCC(O)CC1. The van der Waals surface area contributed by atoms with Gasteiger partial charge in [0.2, 0.25) is 0 Å². The molecule has 5 N–H and O–H groups in total. The van der Waals surface area contributed by atoms with Crippen molar-refractivity contribution >= 4 is 23.2 Å². The Labute approximate surface area is 238 Å². The molecule has 5 rings (SSSR count). The van der Waals surface area contributed by atoms with Gasteiger partial charge in [0.05, 0.1) is 11.8 Å². The molecule has 3 heterocycles. The lowest BCUT2D eigenvalue weighted by Crippen LogP contribution is -2.46. The molecule has 1 aromatic heterocycles. The van der Waals surface area contributed by atoms with E-state index in [4.69, 9.17) is 10.7 Å². The van der Waals surface area contributed by atoms with E-state index in [1.54, 1.807) is 0 Å². The van der Waals surface area contributed by atoms with Crippen LogP contribution >= 0.6 is 0 Å². The van der Waals surface area contributed by atoms with Crippen LogP contribution in [0.3, 0.4) is 0 Å². The fraction of sp³-hybridized carbons (Fsp3) is 0.645. The first kappa shape index (κ1) is 28.8. The quantitative estimate of drug-likeness (QED) is 0.387. The van der Waals surface area contributed by atoms with Crippen molar-refractivity contribution in [2.75, 3.05) is 43.9 Å². The Hall–Kier alpha value is -2.75. The second kappa shape index (κ2) is 12.8. The van der Waals surface area contributed by atoms with E-state index in [1.807, 2.05) is 6.92 Å². The maximum Gasteiger partial charge on any atom is 0.271 e. The maximum absolute atomic E-state index is 12.3. The zero-order valence-electron chi connectivity index (χ0n) is 24.5. The first-order valence-electron chi connectivity index (χ1n) is 15.3. The van der Waals surface area contributed by atoms with Gasteiger partial charge in [-0.15, -0.1) is 0 Å². The van der Waals surface area contributed by atoms with Crippen molar-refractivity contribution in [3.05, 3.63) is 40.7 Å².